The minimum absolute atomic E-state index is 0.0387. The summed E-state index contributed by atoms with van der Waals surface area (Å²) in [6.07, 6.45) is 0.0360. The van der Waals surface area contributed by atoms with E-state index in [4.69, 9.17) is 4.74 Å². The van der Waals surface area contributed by atoms with E-state index < -0.39 is 6.10 Å². The molecule has 1 amide bonds. The molecule has 26 heavy (non-hydrogen) atoms. The minimum Gasteiger partial charge on any atom is -0.482 e. The molecule has 1 aromatic heterocycles. The Balaban J connectivity index is 1.64. The number of benzene rings is 2. The van der Waals surface area contributed by atoms with Gasteiger partial charge in [0.15, 0.2) is 6.10 Å². The number of amides is 1. The quantitative estimate of drug-likeness (QED) is 0.597. The van der Waals surface area contributed by atoms with Crippen molar-refractivity contribution in [2.45, 2.75) is 19.4 Å². The summed E-state index contributed by atoms with van der Waals surface area (Å²) in [5, 5.41) is 4.70. The molecule has 2 aromatic carbocycles. The number of carbonyl (C=O) groups excluding carboxylic acids is 2. The third kappa shape index (κ3) is 4.37. The maximum absolute atomic E-state index is 12.5. The summed E-state index contributed by atoms with van der Waals surface area (Å²) in [6, 6.07) is 19.8. The van der Waals surface area contributed by atoms with Crippen molar-refractivity contribution >= 4 is 28.7 Å². The van der Waals surface area contributed by atoms with Gasteiger partial charge in [0, 0.05) is 11.3 Å². The van der Waals surface area contributed by atoms with Crippen molar-refractivity contribution < 1.29 is 14.3 Å². The van der Waals surface area contributed by atoms with Crippen molar-refractivity contribution in [2.24, 2.45) is 0 Å². The SMILES string of the molecule is CCC(Oc1ccc(NC(=O)c2cccs2)cc1)C(=O)c1ccccc1. The van der Waals surface area contributed by atoms with Crippen LogP contribution in [0.4, 0.5) is 5.69 Å². The van der Waals surface area contributed by atoms with Crippen LogP contribution in [-0.2, 0) is 0 Å². The van der Waals surface area contributed by atoms with E-state index in [1.54, 1.807) is 42.5 Å². The first-order valence-electron chi connectivity index (χ1n) is 8.38. The molecule has 0 spiro atoms. The Morgan fingerprint density at radius 3 is 2.35 bits per heavy atom. The first kappa shape index (κ1) is 17.9. The molecule has 4 nitrogen and oxygen atoms in total. The van der Waals surface area contributed by atoms with Gasteiger partial charge in [0.1, 0.15) is 5.75 Å². The van der Waals surface area contributed by atoms with Crippen LogP contribution in [0, 0.1) is 0 Å². The molecule has 1 heterocycles. The van der Waals surface area contributed by atoms with E-state index in [0.29, 0.717) is 28.3 Å². The van der Waals surface area contributed by atoms with Gasteiger partial charge in [-0.3, -0.25) is 9.59 Å². The molecule has 1 unspecified atom stereocenters. The van der Waals surface area contributed by atoms with Crippen molar-refractivity contribution in [2.75, 3.05) is 5.32 Å². The molecule has 0 radical (unpaired) electrons. The van der Waals surface area contributed by atoms with E-state index >= 15 is 0 Å². The highest BCUT2D eigenvalue weighted by molar-refractivity contribution is 7.12. The number of anilines is 1. The lowest BCUT2D eigenvalue weighted by molar-refractivity contribution is 0.0786. The second kappa shape index (κ2) is 8.45. The number of ether oxygens (including phenoxy) is 1. The van der Waals surface area contributed by atoms with E-state index in [-0.39, 0.29) is 11.7 Å². The smallest absolute Gasteiger partial charge is 0.265 e. The molecule has 3 aromatic rings. The van der Waals surface area contributed by atoms with Gasteiger partial charge in [-0.1, -0.05) is 43.3 Å². The second-order valence-corrected chi connectivity index (χ2v) is 6.65. The van der Waals surface area contributed by atoms with Crippen LogP contribution in [0.5, 0.6) is 5.75 Å². The summed E-state index contributed by atoms with van der Waals surface area (Å²) < 4.78 is 5.85. The molecule has 0 fully saturated rings. The molecule has 1 atom stereocenters. The first-order valence-corrected chi connectivity index (χ1v) is 9.26. The van der Waals surface area contributed by atoms with Crippen LogP contribution in [0.3, 0.4) is 0 Å². The third-order valence-corrected chi connectivity index (χ3v) is 4.73. The van der Waals surface area contributed by atoms with Crippen LogP contribution in [0.25, 0.3) is 0 Å². The lowest BCUT2D eigenvalue weighted by atomic mass is 10.0. The second-order valence-electron chi connectivity index (χ2n) is 5.70. The molecule has 0 aliphatic rings. The maximum Gasteiger partial charge on any atom is 0.265 e. The normalized spacial score (nSPS) is 11.6. The van der Waals surface area contributed by atoms with Gasteiger partial charge in [0.2, 0.25) is 5.78 Å². The summed E-state index contributed by atoms with van der Waals surface area (Å²) in [6.45, 7) is 1.92. The Morgan fingerprint density at radius 1 is 1.00 bits per heavy atom. The Morgan fingerprint density at radius 2 is 1.73 bits per heavy atom. The van der Waals surface area contributed by atoms with Crippen molar-refractivity contribution in [3.63, 3.8) is 0 Å². The molecule has 0 saturated heterocycles. The molecule has 5 heteroatoms. The summed E-state index contributed by atoms with van der Waals surface area (Å²) >= 11 is 1.39. The van der Waals surface area contributed by atoms with Gasteiger partial charge in [0.25, 0.3) is 5.91 Å². The Hall–Kier alpha value is -2.92. The predicted octanol–water partition coefficient (Wildman–Crippen LogP) is 5.04. The Bertz CT molecular complexity index is 858. The number of thiophene rings is 1. The summed E-state index contributed by atoms with van der Waals surface area (Å²) in [5.41, 5.74) is 1.32. The van der Waals surface area contributed by atoms with Crippen molar-refractivity contribution in [3.8, 4) is 5.75 Å². The summed E-state index contributed by atoms with van der Waals surface area (Å²) in [7, 11) is 0. The number of hydrogen-bond donors (Lipinski definition) is 1. The van der Waals surface area contributed by atoms with E-state index in [2.05, 4.69) is 5.32 Å². The van der Waals surface area contributed by atoms with E-state index in [0.717, 1.165) is 0 Å². The average molecular weight is 365 g/mol. The number of rotatable bonds is 7. The molecule has 0 bridgehead atoms. The summed E-state index contributed by atoms with van der Waals surface area (Å²) in [5.74, 6) is 0.415. The van der Waals surface area contributed by atoms with Crippen LogP contribution in [-0.4, -0.2) is 17.8 Å². The van der Waals surface area contributed by atoms with Crippen LogP contribution >= 0.6 is 11.3 Å². The number of carbonyl (C=O) groups is 2. The lowest BCUT2D eigenvalue weighted by Gasteiger charge is -2.17. The van der Waals surface area contributed by atoms with E-state index in [9.17, 15) is 9.59 Å². The first-order chi connectivity index (χ1) is 12.7. The fourth-order valence-corrected chi connectivity index (χ4v) is 3.11. The standard InChI is InChI=1S/C21H19NO3S/c1-2-18(20(23)15-7-4-3-5-8-15)25-17-12-10-16(11-13-17)22-21(24)19-9-6-14-26-19/h3-14,18H,2H2,1H3,(H,22,24). The van der Waals surface area contributed by atoms with Gasteiger partial charge in [0.05, 0.1) is 4.88 Å². The van der Waals surface area contributed by atoms with Gasteiger partial charge in [-0.05, 0) is 42.1 Å². The number of nitrogens with one attached hydrogen (secondary N) is 1. The zero-order valence-corrected chi connectivity index (χ0v) is 15.2. The van der Waals surface area contributed by atoms with Crippen LogP contribution in [0.2, 0.25) is 0 Å². The number of hydrogen-bond acceptors (Lipinski definition) is 4. The van der Waals surface area contributed by atoms with Gasteiger partial charge < -0.3 is 10.1 Å². The van der Waals surface area contributed by atoms with Crippen molar-refractivity contribution in [1.29, 1.82) is 0 Å². The largest absolute Gasteiger partial charge is 0.482 e. The molecular weight excluding hydrogens is 346 g/mol. The fraction of sp³-hybridized carbons (Fsp3) is 0.143. The highest BCUT2D eigenvalue weighted by Crippen LogP contribution is 2.20. The topological polar surface area (TPSA) is 55.4 Å². The molecule has 132 valence electrons. The molecule has 0 aliphatic carbocycles. The Labute approximate surface area is 156 Å². The zero-order valence-electron chi connectivity index (χ0n) is 14.3. The highest BCUT2D eigenvalue weighted by Gasteiger charge is 2.20. The van der Waals surface area contributed by atoms with Crippen molar-refractivity contribution in [3.05, 3.63) is 82.6 Å². The highest BCUT2D eigenvalue weighted by atomic mass is 32.1. The zero-order chi connectivity index (χ0) is 18.4. The fourth-order valence-electron chi connectivity index (χ4n) is 2.49. The average Bonchev–Trinajstić information content (AvgIpc) is 3.22. The van der Waals surface area contributed by atoms with E-state index in [1.165, 1.54) is 11.3 Å². The monoisotopic (exact) mass is 365 g/mol. The Kier molecular flexibility index (Phi) is 5.81. The molecule has 0 saturated carbocycles. The van der Waals surface area contributed by atoms with Crippen LogP contribution in [0.15, 0.2) is 72.1 Å². The predicted molar refractivity (Wildman–Crippen MR) is 104 cm³/mol. The molecule has 0 aliphatic heterocycles. The maximum atomic E-state index is 12.5. The summed E-state index contributed by atoms with van der Waals surface area (Å²) in [4.78, 5) is 25.3. The van der Waals surface area contributed by atoms with Crippen molar-refractivity contribution in [1.82, 2.24) is 0 Å². The van der Waals surface area contributed by atoms with Gasteiger partial charge in [-0.15, -0.1) is 11.3 Å². The number of Topliss-reactive ketones (excluding diaryl/α,β-unsaturated/α-hetero) is 1. The lowest BCUT2D eigenvalue weighted by Crippen LogP contribution is -2.26. The number of ketones is 1. The molecule has 3 rings (SSSR count). The van der Waals surface area contributed by atoms with Gasteiger partial charge >= 0.3 is 0 Å². The minimum atomic E-state index is -0.538. The third-order valence-electron chi connectivity index (χ3n) is 3.86. The van der Waals surface area contributed by atoms with Gasteiger partial charge in [-0.2, -0.15) is 0 Å². The van der Waals surface area contributed by atoms with Gasteiger partial charge in [-0.25, -0.2) is 0 Å². The molecule has 1 N–H and O–H groups in total. The van der Waals surface area contributed by atoms with Crippen LogP contribution < -0.4 is 10.1 Å². The van der Waals surface area contributed by atoms with Crippen LogP contribution in [0.1, 0.15) is 33.4 Å². The molecular formula is C21H19NO3S. The van der Waals surface area contributed by atoms with E-state index in [1.807, 2.05) is 36.6 Å².